The number of rotatable bonds is 11. The molecule has 1 amide bonds. The van der Waals surface area contributed by atoms with E-state index in [1.165, 1.54) is 47.8 Å². The standard InChI is InChI=1S/C27H32N2O3S/c1-5-6-7-8-15-32-24-13-10-21(17-25(24)31-4)11-14-26(30)29-27-28-23(18-33-27)22-12-9-19(2)20(3)16-22/h9-14,16-18H,5-8,15H2,1-4H3,(H,28,29,30). The van der Waals surface area contributed by atoms with Crippen LogP contribution >= 0.6 is 11.3 Å². The SMILES string of the molecule is CCCCCCOc1ccc(C=CC(=O)Nc2nc(-c3ccc(C)c(C)c3)cs2)cc1OC. The maximum Gasteiger partial charge on any atom is 0.250 e. The monoisotopic (exact) mass is 464 g/mol. The zero-order valence-corrected chi connectivity index (χ0v) is 20.6. The lowest BCUT2D eigenvalue weighted by Crippen LogP contribution is -2.07. The summed E-state index contributed by atoms with van der Waals surface area (Å²) in [5.74, 6) is 1.15. The lowest BCUT2D eigenvalue weighted by molar-refractivity contribution is -0.111. The van der Waals surface area contributed by atoms with Crippen LogP contribution in [0.1, 0.15) is 49.3 Å². The van der Waals surface area contributed by atoms with E-state index in [0.29, 0.717) is 17.5 Å². The van der Waals surface area contributed by atoms with Crippen LogP contribution in [-0.4, -0.2) is 24.6 Å². The first kappa shape index (κ1) is 24.5. The molecule has 0 atom stereocenters. The van der Waals surface area contributed by atoms with E-state index in [1.54, 1.807) is 13.2 Å². The molecule has 5 nitrogen and oxygen atoms in total. The molecule has 1 heterocycles. The van der Waals surface area contributed by atoms with Gasteiger partial charge >= 0.3 is 0 Å². The molecule has 0 bridgehead atoms. The Hall–Kier alpha value is -3.12. The van der Waals surface area contributed by atoms with E-state index in [2.05, 4.69) is 49.3 Å². The topological polar surface area (TPSA) is 60.5 Å². The smallest absolute Gasteiger partial charge is 0.250 e. The number of anilines is 1. The van der Waals surface area contributed by atoms with Crippen LogP contribution < -0.4 is 14.8 Å². The molecule has 0 saturated heterocycles. The first-order valence-corrected chi connectivity index (χ1v) is 12.2. The Morgan fingerprint density at radius 1 is 1.06 bits per heavy atom. The normalized spacial score (nSPS) is 11.0. The maximum absolute atomic E-state index is 12.4. The lowest BCUT2D eigenvalue weighted by atomic mass is 10.1. The number of hydrogen-bond acceptors (Lipinski definition) is 5. The Kier molecular flexibility index (Phi) is 9.07. The summed E-state index contributed by atoms with van der Waals surface area (Å²) in [7, 11) is 1.62. The van der Waals surface area contributed by atoms with Gasteiger partial charge in [-0.25, -0.2) is 4.98 Å². The van der Waals surface area contributed by atoms with Gasteiger partial charge in [-0.3, -0.25) is 10.1 Å². The van der Waals surface area contributed by atoms with Crippen LogP contribution in [0.2, 0.25) is 0 Å². The maximum atomic E-state index is 12.4. The number of thiazole rings is 1. The predicted molar refractivity (Wildman–Crippen MR) is 137 cm³/mol. The third-order valence-corrected chi connectivity index (χ3v) is 6.17. The van der Waals surface area contributed by atoms with Gasteiger partial charge in [0.1, 0.15) is 0 Å². The van der Waals surface area contributed by atoms with Crippen LogP contribution in [0.3, 0.4) is 0 Å². The summed E-state index contributed by atoms with van der Waals surface area (Å²) >= 11 is 1.41. The number of amides is 1. The molecule has 6 heteroatoms. The molecule has 0 aliphatic heterocycles. The highest BCUT2D eigenvalue weighted by atomic mass is 32.1. The molecule has 0 unspecified atom stereocenters. The number of nitrogens with zero attached hydrogens (tertiary/aromatic N) is 1. The Morgan fingerprint density at radius 2 is 1.91 bits per heavy atom. The van der Waals surface area contributed by atoms with Crippen molar-refractivity contribution in [3.63, 3.8) is 0 Å². The van der Waals surface area contributed by atoms with Crippen molar-refractivity contribution in [1.82, 2.24) is 4.98 Å². The van der Waals surface area contributed by atoms with Gasteiger partial charge in [0.15, 0.2) is 16.6 Å². The summed E-state index contributed by atoms with van der Waals surface area (Å²) in [5.41, 5.74) is 5.23. The molecule has 2 aromatic carbocycles. The molecular weight excluding hydrogens is 432 g/mol. The average Bonchev–Trinajstić information content (AvgIpc) is 3.28. The lowest BCUT2D eigenvalue weighted by Gasteiger charge is -2.11. The Balaban J connectivity index is 1.58. The quantitative estimate of drug-likeness (QED) is 0.244. The number of unbranched alkanes of at least 4 members (excludes halogenated alkanes) is 3. The number of hydrogen-bond donors (Lipinski definition) is 1. The molecule has 0 saturated carbocycles. The van der Waals surface area contributed by atoms with E-state index >= 15 is 0 Å². The zero-order valence-electron chi connectivity index (χ0n) is 19.8. The van der Waals surface area contributed by atoms with Gasteiger partial charge < -0.3 is 9.47 Å². The summed E-state index contributed by atoms with van der Waals surface area (Å²) < 4.78 is 11.3. The third-order valence-electron chi connectivity index (χ3n) is 5.41. The van der Waals surface area contributed by atoms with Gasteiger partial charge in [-0.05, 0) is 61.2 Å². The number of methoxy groups -OCH3 is 1. The van der Waals surface area contributed by atoms with Crippen molar-refractivity contribution in [2.45, 2.75) is 46.5 Å². The minimum absolute atomic E-state index is 0.230. The Labute approximate surface area is 200 Å². The van der Waals surface area contributed by atoms with Gasteiger partial charge in [-0.15, -0.1) is 11.3 Å². The summed E-state index contributed by atoms with van der Waals surface area (Å²) in [4.78, 5) is 16.9. The fourth-order valence-electron chi connectivity index (χ4n) is 3.30. The van der Waals surface area contributed by atoms with E-state index in [-0.39, 0.29) is 5.91 Å². The number of carbonyl (C=O) groups is 1. The first-order valence-electron chi connectivity index (χ1n) is 11.3. The van der Waals surface area contributed by atoms with Gasteiger partial charge in [0, 0.05) is 17.0 Å². The van der Waals surface area contributed by atoms with E-state index in [4.69, 9.17) is 9.47 Å². The largest absolute Gasteiger partial charge is 0.493 e. The van der Waals surface area contributed by atoms with Crippen LogP contribution in [0.5, 0.6) is 11.5 Å². The summed E-state index contributed by atoms with van der Waals surface area (Å²) in [6.45, 7) is 7.03. The molecule has 1 N–H and O–H groups in total. The van der Waals surface area contributed by atoms with Gasteiger partial charge in [0.05, 0.1) is 19.4 Å². The molecule has 0 aliphatic carbocycles. The molecule has 174 valence electrons. The summed E-state index contributed by atoms with van der Waals surface area (Å²) in [5, 5.41) is 5.36. The fraction of sp³-hybridized carbons (Fsp3) is 0.333. The second-order valence-corrected chi connectivity index (χ2v) is 8.84. The van der Waals surface area contributed by atoms with Crippen molar-refractivity contribution in [2.24, 2.45) is 0 Å². The van der Waals surface area contributed by atoms with Crippen molar-refractivity contribution < 1.29 is 14.3 Å². The predicted octanol–water partition coefficient (Wildman–Crippen LogP) is 7.05. The highest BCUT2D eigenvalue weighted by molar-refractivity contribution is 7.14. The number of benzene rings is 2. The molecule has 33 heavy (non-hydrogen) atoms. The highest BCUT2D eigenvalue weighted by Crippen LogP contribution is 2.29. The number of ether oxygens (including phenoxy) is 2. The van der Waals surface area contributed by atoms with Crippen molar-refractivity contribution in [3.8, 4) is 22.8 Å². The molecular formula is C27H32N2O3S. The van der Waals surface area contributed by atoms with Crippen molar-refractivity contribution in [3.05, 3.63) is 64.5 Å². The van der Waals surface area contributed by atoms with E-state index in [0.717, 1.165) is 29.0 Å². The molecule has 0 radical (unpaired) electrons. The third kappa shape index (κ3) is 7.19. The molecule has 1 aromatic heterocycles. The molecule has 3 aromatic rings. The van der Waals surface area contributed by atoms with Crippen molar-refractivity contribution in [1.29, 1.82) is 0 Å². The van der Waals surface area contributed by atoms with Crippen LogP contribution in [0.4, 0.5) is 5.13 Å². The van der Waals surface area contributed by atoms with Gasteiger partial charge in [0.25, 0.3) is 0 Å². The van der Waals surface area contributed by atoms with E-state index < -0.39 is 0 Å². The Morgan fingerprint density at radius 3 is 2.67 bits per heavy atom. The van der Waals surface area contributed by atoms with Crippen molar-refractivity contribution in [2.75, 3.05) is 19.0 Å². The number of aryl methyl sites for hydroxylation is 2. The Bertz CT molecular complexity index is 1100. The second-order valence-electron chi connectivity index (χ2n) is 7.98. The zero-order chi connectivity index (χ0) is 23.6. The highest BCUT2D eigenvalue weighted by Gasteiger charge is 2.08. The van der Waals surface area contributed by atoms with Gasteiger partial charge in [-0.2, -0.15) is 0 Å². The van der Waals surface area contributed by atoms with E-state index in [1.807, 2.05) is 23.6 Å². The first-order chi connectivity index (χ1) is 16.0. The fourth-order valence-corrected chi connectivity index (χ4v) is 4.02. The number of nitrogens with one attached hydrogen (secondary N) is 1. The van der Waals surface area contributed by atoms with Crippen molar-refractivity contribution >= 4 is 28.5 Å². The molecule has 0 spiro atoms. The number of aromatic nitrogens is 1. The van der Waals surface area contributed by atoms with E-state index in [9.17, 15) is 4.79 Å². The molecule has 0 aliphatic rings. The van der Waals surface area contributed by atoms with Crippen LogP contribution in [0.15, 0.2) is 47.9 Å². The minimum atomic E-state index is -0.230. The van der Waals surface area contributed by atoms with Gasteiger partial charge in [-0.1, -0.05) is 44.4 Å². The van der Waals surface area contributed by atoms with Crippen LogP contribution in [-0.2, 0) is 4.79 Å². The number of carbonyl (C=O) groups excluding carboxylic acids is 1. The van der Waals surface area contributed by atoms with Crippen LogP contribution in [0.25, 0.3) is 17.3 Å². The van der Waals surface area contributed by atoms with Gasteiger partial charge in [0.2, 0.25) is 5.91 Å². The minimum Gasteiger partial charge on any atom is -0.493 e. The average molecular weight is 465 g/mol. The molecule has 0 fully saturated rings. The van der Waals surface area contributed by atoms with Crippen LogP contribution in [0, 0.1) is 13.8 Å². The summed E-state index contributed by atoms with van der Waals surface area (Å²) in [6.07, 6.45) is 7.87. The second kappa shape index (κ2) is 12.2. The summed E-state index contributed by atoms with van der Waals surface area (Å²) in [6, 6.07) is 11.9. The molecule has 3 rings (SSSR count).